The number of carbonyl (C=O) groups excluding carboxylic acids is 1. The third-order valence-electron chi connectivity index (χ3n) is 5.67. The fourth-order valence-electron chi connectivity index (χ4n) is 4.04. The van der Waals surface area contributed by atoms with Gasteiger partial charge in [0.15, 0.2) is 0 Å². The van der Waals surface area contributed by atoms with Crippen molar-refractivity contribution < 1.29 is 9.53 Å². The molecule has 0 spiro atoms. The van der Waals surface area contributed by atoms with Crippen LogP contribution in [0.15, 0.2) is 41.8 Å². The maximum Gasteiger partial charge on any atom is 0.224 e. The van der Waals surface area contributed by atoms with E-state index in [1.807, 2.05) is 25.1 Å². The third kappa shape index (κ3) is 4.50. The molecular formula is C23H27N3O2S. The van der Waals surface area contributed by atoms with Crippen LogP contribution in [0.1, 0.15) is 27.7 Å². The first-order valence-corrected chi connectivity index (χ1v) is 11.0. The molecule has 152 valence electrons. The van der Waals surface area contributed by atoms with E-state index in [2.05, 4.69) is 40.7 Å². The SMILES string of the molecule is Cc1nc2ccccc2c(C)c1CC(=O)NCC(c1cccs1)N1CCOCC1. The van der Waals surface area contributed by atoms with Gasteiger partial charge < -0.3 is 10.1 Å². The van der Waals surface area contributed by atoms with Crippen LogP contribution in [-0.4, -0.2) is 48.6 Å². The van der Waals surface area contributed by atoms with Crippen molar-refractivity contribution in [3.63, 3.8) is 0 Å². The average molecular weight is 410 g/mol. The minimum Gasteiger partial charge on any atom is -0.379 e. The van der Waals surface area contributed by atoms with Crippen LogP contribution >= 0.6 is 11.3 Å². The van der Waals surface area contributed by atoms with E-state index in [4.69, 9.17) is 9.72 Å². The number of nitrogens with one attached hydrogen (secondary N) is 1. The van der Waals surface area contributed by atoms with E-state index in [9.17, 15) is 4.79 Å². The summed E-state index contributed by atoms with van der Waals surface area (Å²) >= 11 is 1.74. The number of benzene rings is 1. The van der Waals surface area contributed by atoms with Gasteiger partial charge in [-0.15, -0.1) is 11.3 Å². The number of carbonyl (C=O) groups is 1. The smallest absolute Gasteiger partial charge is 0.224 e. The molecule has 1 saturated heterocycles. The lowest BCUT2D eigenvalue weighted by Gasteiger charge is -2.34. The number of hydrogen-bond donors (Lipinski definition) is 1. The van der Waals surface area contributed by atoms with Crippen molar-refractivity contribution in [2.45, 2.75) is 26.3 Å². The molecule has 1 amide bonds. The number of amides is 1. The summed E-state index contributed by atoms with van der Waals surface area (Å²) in [5.41, 5.74) is 4.09. The molecule has 0 bridgehead atoms. The van der Waals surface area contributed by atoms with E-state index in [-0.39, 0.29) is 11.9 Å². The van der Waals surface area contributed by atoms with Crippen LogP contribution in [0.5, 0.6) is 0 Å². The minimum atomic E-state index is 0.0445. The summed E-state index contributed by atoms with van der Waals surface area (Å²) in [5, 5.41) is 6.39. The van der Waals surface area contributed by atoms with Gasteiger partial charge in [0.05, 0.1) is 31.2 Å². The minimum absolute atomic E-state index is 0.0445. The van der Waals surface area contributed by atoms with Crippen LogP contribution < -0.4 is 5.32 Å². The molecule has 29 heavy (non-hydrogen) atoms. The summed E-state index contributed by atoms with van der Waals surface area (Å²) < 4.78 is 5.50. The second-order valence-corrected chi connectivity index (χ2v) is 8.46. The first-order valence-electron chi connectivity index (χ1n) is 10.1. The van der Waals surface area contributed by atoms with Crippen molar-refractivity contribution in [3.05, 3.63) is 63.5 Å². The molecule has 1 aliphatic heterocycles. The monoisotopic (exact) mass is 409 g/mol. The molecule has 1 aliphatic rings. The van der Waals surface area contributed by atoms with Crippen LogP contribution in [0.25, 0.3) is 10.9 Å². The maximum atomic E-state index is 12.8. The van der Waals surface area contributed by atoms with E-state index < -0.39 is 0 Å². The van der Waals surface area contributed by atoms with Gasteiger partial charge in [-0.1, -0.05) is 24.3 Å². The van der Waals surface area contributed by atoms with Crippen LogP contribution in [0.3, 0.4) is 0 Å². The molecule has 2 aromatic heterocycles. The number of thiophene rings is 1. The molecular weight excluding hydrogens is 382 g/mol. The summed E-state index contributed by atoms with van der Waals surface area (Å²) in [6, 6.07) is 12.5. The van der Waals surface area contributed by atoms with Crippen molar-refractivity contribution >= 4 is 28.1 Å². The standard InChI is InChI=1S/C23H27N3O2S/c1-16-18-6-3-4-7-20(18)25-17(2)19(16)14-23(27)24-15-21(22-8-5-13-29-22)26-9-11-28-12-10-26/h3-8,13,21H,9-12,14-15H2,1-2H3,(H,24,27). The fraction of sp³-hybridized carbons (Fsp3) is 0.391. The van der Waals surface area contributed by atoms with Crippen molar-refractivity contribution in [2.75, 3.05) is 32.8 Å². The molecule has 1 atom stereocenters. The lowest BCUT2D eigenvalue weighted by Crippen LogP contribution is -2.43. The van der Waals surface area contributed by atoms with Crippen molar-refractivity contribution in [2.24, 2.45) is 0 Å². The first-order chi connectivity index (χ1) is 14.1. The Hall–Kier alpha value is -2.28. The topological polar surface area (TPSA) is 54.5 Å². The van der Waals surface area contributed by atoms with Crippen molar-refractivity contribution in [3.8, 4) is 0 Å². The number of morpholine rings is 1. The van der Waals surface area contributed by atoms with Gasteiger partial charge in [-0.05, 0) is 42.5 Å². The number of ether oxygens (including phenoxy) is 1. The van der Waals surface area contributed by atoms with Crippen molar-refractivity contribution in [1.82, 2.24) is 15.2 Å². The number of aromatic nitrogens is 1. The highest BCUT2D eigenvalue weighted by molar-refractivity contribution is 7.10. The molecule has 0 aliphatic carbocycles. The predicted octanol–water partition coefficient (Wildman–Crippen LogP) is 3.65. The highest BCUT2D eigenvalue weighted by atomic mass is 32.1. The lowest BCUT2D eigenvalue weighted by molar-refractivity contribution is -0.120. The lowest BCUT2D eigenvalue weighted by atomic mass is 9.99. The number of hydrogen-bond acceptors (Lipinski definition) is 5. The Bertz CT molecular complexity index is 981. The summed E-state index contributed by atoms with van der Waals surface area (Å²) in [4.78, 5) is 21.2. The third-order valence-corrected chi connectivity index (χ3v) is 6.65. The number of aryl methyl sites for hydroxylation is 2. The summed E-state index contributed by atoms with van der Waals surface area (Å²) in [5.74, 6) is 0.0445. The number of pyridine rings is 1. The molecule has 0 radical (unpaired) electrons. The average Bonchev–Trinajstić information content (AvgIpc) is 3.27. The van der Waals surface area contributed by atoms with Gasteiger partial charge in [-0.25, -0.2) is 0 Å². The van der Waals surface area contributed by atoms with Crippen LogP contribution in [-0.2, 0) is 16.0 Å². The molecule has 1 unspecified atom stereocenters. The Morgan fingerprint density at radius 1 is 1.21 bits per heavy atom. The van der Waals surface area contributed by atoms with E-state index in [1.54, 1.807) is 11.3 Å². The second kappa shape index (κ2) is 9.03. The first kappa shape index (κ1) is 20.0. The molecule has 4 rings (SSSR count). The molecule has 6 heteroatoms. The number of nitrogens with zero attached hydrogens (tertiary/aromatic N) is 2. The predicted molar refractivity (Wildman–Crippen MR) is 117 cm³/mol. The maximum absolute atomic E-state index is 12.8. The van der Waals surface area contributed by atoms with Gasteiger partial charge in [0.1, 0.15) is 0 Å². The summed E-state index contributed by atoms with van der Waals surface area (Å²) in [7, 11) is 0. The van der Waals surface area contributed by atoms with Gasteiger partial charge in [-0.3, -0.25) is 14.7 Å². The fourth-order valence-corrected chi connectivity index (χ4v) is 4.90. The molecule has 1 N–H and O–H groups in total. The number of fused-ring (bicyclic) bond motifs is 1. The molecule has 1 fully saturated rings. The van der Waals surface area contributed by atoms with Crippen molar-refractivity contribution in [1.29, 1.82) is 0 Å². The normalized spacial score (nSPS) is 16.1. The Labute approximate surface area is 175 Å². The highest BCUT2D eigenvalue weighted by Crippen LogP contribution is 2.26. The van der Waals surface area contributed by atoms with E-state index in [1.165, 1.54) is 4.88 Å². The van der Waals surface area contributed by atoms with E-state index in [0.29, 0.717) is 13.0 Å². The van der Waals surface area contributed by atoms with Crippen LogP contribution in [0.2, 0.25) is 0 Å². The second-order valence-electron chi connectivity index (χ2n) is 7.48. The van der Waals surface area contributed by atoms with E-state index in [0.717, 1.165) is 54.0 Å². The molecule has 3 heterocycles. The quantitative estimate of drug-likeness (QED) is 0.675. The Morgan fingerprint density at radius 3 is 2.76 bits per heavy atom. The molecule has 1 aromatic carbocycles. The summed E-state index contributed by atoms with van der Waals surface area (Å²) in [6.45, 7) is 7.97. The molecule has 3 aromatic rings. The van der Waals surface area contributed by atoms with Gasteiger partial charge in [0.2, 0.25) is 5.91 Å². The Balaban J connectivity index is 1.47. The highest BCUT2D eigenvalue weighted by Gasteiger charge is 2.24. The summed E-state index contributed by atoms with van der Waals surface area (Å²) in [6.07, 6.45) is 0.357. The Kier molecular flexibility index (Phi) is 6.23. The van der Waals surface area contributed by atoms with Gasteiger partial charge >= 0.3 is 0 Å². The Morgan fingerprint density at radius 2 is 2.00 bits per heavy atom. The van der Waals surface area contributed by atoms with Gasteiger partial charge in [0, 0.05) is 35.6 Å². The zero-order chi connectivity index (χ0) is 20.2. The largest absolute Gasteiger partial charge is 0.379 e. The van der Waals surface area contributed by atoms with Gasteiger partial charge in [0.25, 0.3) is 0 Å². The zero-order valence-corrected chi connectivity index (χ0v) is 17.8. The molecule has 0 saturated carbocycles. The van der Waals surface area contributed by atoms with E-state index >= 15 is 0 Å². The van der Waals surface area contributed by atoms with Crippen LogP contribution in [0.4, 0.5) is 0 Å². The number of rotatable bonds is 6. The molecule has 5 nitrogen and oxygen atoms in total. The van der Waals surface area contributed by atoms with Gasteiger partial charge in [-0.2, -0.15) is 0 Å². The van der Waals surface area contributed by atoms with Crippen LogP contribution in [0, 0.1) is 13.8 Å². The zero-order valence-electron chi connectivity index (χ0n) is 17.0. The number of para-hydroxylation sites is 1.